The van der Waals surface area contributed by atoms with E-state index in [0.29, 0.717) is 12.2 Å². The van der Waals surface area contributed by atoms with E-state index >= 15 is 0 Å². The molecule has 3 fully saturated rings. The lowest BCUT2D eigenvalue weighted by atomic mass is 9.94. The van der Waals surface area contributed by atoms with E-state index in [4.69, 9.17) is 9.47 Å². The van der Waals surface area contributed by atoms with Crippen LogP contribution in [-0.4, -0.2) is 25.4 Å². The Balaban J connectivity index is 1.26. The number of hydrogen-bond acceptors (Lipinski definition) is 2. The van der Waals surface area contributed by atoms with Gasteiger partial charge in [-0.1, -0.05) is 25.7 Å². The van der Waals surface area contributed by atoms with Crippen molar-refractivity contribution in [1.29, 1.82) is 0 Å². The Bertz CT molecular complexity index is 231. The Morgan fingerprint density at radius 1 is 0.500 bits per heavy atom. The minimum Gasteiger partial charge on any atom is -0.378 e. The van der Waals surface area contributed by atoms with E-state index in [0.717, 1.165) is 25.0 Å². The average molecular weight is 280 g/mol. The van der Waals surface area contributed by atoms with Crippen LogP contribution in [0.25, 0.3) is 0 Å². The van der Waals surface area contributed by atoms with Crippen LogP contribution in [0.4, 0.5) is 0 Å². The molecule has 0 bridgehead atoms. The molecule has 0 atom stereocenters. The highest BCUT2D eigenvalue weighted by Gasteiger charge is 2.25. The maximum atomic E-state index is 6.14. The molecule has 0 radical (unpaired) electrons. The average Bonchev–Trinajstić information content (AvgIpc) is 3.17. The molecular formula is C18H32O2. The highest BCUT2D eigenvalue weighted by atomic mass is 16.5. The maximum Gasteiger partial charge on any atom is 0.0577 e. The van der Waals surface area contributed by atoms with E-state index in [1.54, 1.807) is 0 Å². The topological polar surface area (TPSA) is 18.5 Å². The van der Waals surface area contributed by atoms with Crippen molar-refractivity contribution >= 4 is 0 Å². The Labute approximate surface area is 124 Å². The molecule has 3 saturated carbocycles. The Hall–Kier alpha value is -0.0800. The van der Waals surface area contributed by atoms with Crippen molar-refractivity contribution in [3.05, 3.63) is 0 Å². The van der Waals surface area contributed by atoms with E-state index in [2.05, 4.69) is 0 Å². The van der Waals surface area contributed by atoms with E-state index in [-0.39, 0.29) is 0 Å². The van der Waals surface area contributed by atoms with Crippen molar-refractivity contribution in [3.8, 4) is 0 Å². The van der Waals surface area contributed by atoms with Gasteiger partial charge >= 0.3 is 0 Å². The zero-order chi connectivity index (χ0) is 13.6. The molecule has 0 spiro atoms. The fraction of sp³-hybridized carbons (Fsp3) is 1.00. The van der Waals surface area contributed by atoms with Gasteiger partial charge in [0.1, 0.15) is 0 Å². The third-order valence-electron chi connectivity index (χ3n) is 5.71. The summed E-state index contributed by atoms with van der Waals surface area (Å²) in [7, 11) is 0. The SMILES string of the molecule is C1CCC(COC2CCC(OCC3CCCC3)CC2)C1. The summed E-state index contributed by atoms with van der Waals surface area (Å²) in [5, 5.41) is 0. The lowest BCUT2D eigenvalue weighted by molar-refractivity contribution is -0.0461. The molecule has 0 heterocycles. The number of rotatable bonds is 6. The highest BCUT2D eigenvalue weighted by Crippen LogP contribution is 2.30. The molecule has 0 saturated heterocycles. The molecule has 0 aromatic rings. The number of hydrogen-bond donors (Lipinski definition) is 0. The normalized spacial score (nSPS) is 33.0. The molecule has 116 valence electrons. The van der Waals surface area contributed by atoms with Crippen molar-refractivity contribution in [3.63, 3.8) is 0 Å². The number of ether oxygens (including phenoxy) is 2. The fourth-order valence-electron chi connectivity index (χ4n) is 4.26. The van der Waals surface area contributed by atoms with Crippen LogP contribution in [0.2, 0.25) is 0 Å². The quantitative estimate of drug-likeness (QED) is 0.701. The van der Waals surface area contributed by atoms with Crippen LogP contribution in [0, 0.1) is 11.8 Å². The van der Waals surface area contributed by atoms with E-state index in [1.807, 2.05) is 0 Å². The zero-order valence-electron chi connectivity index (χ0n) is 13.0. The van der Waals surface area contributed by atoms with E-state index in [1.165, 1.54) is 77.0 Å². The summed E-state index contributed by atoms with van der Waals surface area (Å²) in [6, 6.07) is 0. The largest absolute Gasteiger partial charge is 0.378 e. The molecule has 0 N–H and O–H groups in total. The van der Waals surface area contributed by atoms with Crippen LogP contribution in [0.3, 0.4) is 0 Å². The molecule has 0 aromatic carbocycles. The molecule has 2 heteroatoms. The van der Waals surface area contributed by atoms with Gasteiger partial charge in [-0.2, -0.15) is 0 Å². The summed E-state index contributed by atoms with van der Waals surface area (Å²) < 4.78 is 12.3. The lowest BCUT2D eigenvalue weighted by Gasteiger charge is -2.30. The molecular weight excluding hydrogens is 248 g/mol. The third kappa shape index (κ3) is 4.46. The lowest BCUT2D eigenvalue weighted by Crippen LogP contribution is -2.28. The molecule has 0 unspecified atom stereocenters. The monoisotopic (exact) mass is 280 g/mol. The fourth-order valence-corrected chi connectivity index (χ4v) is 4.26. The van der Waals surface area contributed by atoms with E-state index in [9.17, 15) is 0 Å². The first-order valence-electron chi connectivity index (χ1n) is 9.13. The van der Waals surface area contributed by atoms with Crippen LogP contribution in [0.1, 0.15) is 77.0 Å². The van der Waals surface area contributed by atoms with Crippen LogP contribution in [0.15, 0.2) is 0 Å². The summed E-state index contributed by atoms with van der Waals surface area (Å²) in [5.74, 6) is 1.73. The summed E-state index contributed by atoms with van der Waals surface area (Å²) >= 11 is 0. The predicted octanol–water partition coefficient (Wildman–Crippen LogP) is 4.71. The van der Waals surface area contributed by atoms with Crippen molar-refractivity contribution in [2.45, 2.75) is 89.3 Å². The second-order valence-corrected chi connectivity index (χ2v) is 7.37. The molecule has 0 aromatic heterocycles. The van der Waals surface area contributed by atoms with Crippen LogP contribution in [-0.2, 0) is 9.47 Å². The summed E-state index contributed by atoms with van der Waals surface area (Å²) in [5.41, 5.74) is 0. The molecule has 0 aliphatic heterocycles. The van der Waals surface area contributed by atoms with Gasteiger partial charge in [-0.15, -0.1) is 0 Å². The van der Waals surface area contributed by atoms with Gasteiger partial charge in [0.2, 0.25) is 0 Å². The van der Waals surface area contributed by atoms with Crippen molar-refractivity contribution in [2.24, 2.45) is 11.8 Å². The van der Waals surface area contributed by atoms with Gasteiger partial charge in [-0.3, -0.25) is 0 Å². The first kappa shape index (κ1) is 14.8. The van der Waals surface area contributed by atoms with Crippen LogP contribution < -0.4 is 0 Å². The molecule has 3 aliphatic carbocycles. The smallest absolute Gasteiger partial charge is 0.0577 e. The summed E-state index contributed by atoms with van der Waals surface area (Å²) in [6.07, 6.45) is 17.3. The minimum absolute atomic E-state index is 0.530. The second kappa shape index (κ2) is 7.79. The molecule has 3 rings (SSSR count). The van der Waals surface area contributed by atoms with Gasteiger partial charge in [-0.05, 0) is 63.2 Å². The van der Waals surface area contributed by atoms with Gasteiger partial charge in [0, 0.05) is 13.2 Å². The molecule has 2 nitrogen and oxygen atoms in total. The summed E-state index contributed by atoms with van der Waals surface area (Å²) in [6.45, 7) is 2.05. The highest BCUT2D eigenvalue weighted by molar-refractivity contribution is 4.75. The van der Waals surface area contributed by atoms with Gasteiger partial charge in [-0.25, -0.2) is 0 Å². The Morgan fingerprint density at radius 2 is 0.850 bits per heavy atom. The van der Waals surface area contributed by atoms with Gasteiger partial charge in [0.25, 0.3) is 0 Å². The minimum atomic E-state index is 0.530. The van der Waals surface area contributed by atoms with Crippen molar-refractivity contribution in [1.82, 2.24) is 0 Å². The van der Waals surface area contributed by atoms with Crippen molar-refractivity contribution < 1.29 is 9.47 Å². The zero-order valence-corrected chi connectivity index (χ0v) is 13.0. The van der Waals surface area contributed by atoms with Gasteiger partial charge in [0.05, 0.1) is 12.2 Å². The molecule has 3 aliphatic rings. The first-order valence-corrected chi connectivity index (χ1v) is 9.13. The predicted molar refractivity (Wildman–Crippen MR) is 81.9 cm³/mol. The van der Waals surface area contributed by atoms with Gasteiger partial charge in [0.15, 0.2) is 0 Å². The molecule has 20 heavy (non-hydrogen) atoms. The Kier molecular flexibility index (Phi) is 5.78. The summed E-state index contributed by atoms with van der Waals surface area (Å²) in [4.78, 5) is 0. The standard InChI is InChI=1S/C18H32O2/c1-2-6-15(5-1)13-19-17-9-11-18(12-10-17)20-14-16-7-3-4-8-16/h15-18H,1-14H2. The molecule has 0 amide bonds. The second-order valence-electron chi connectivity index (χ2n) is 7.37. The first-order chi connectivity index (χ1) is 9.90. The van der Waals surface area contributed by atoms with Crippen LogP contribution in [0.5, 0.6) is 0 Å². The third-order valence-corrected chi connectivity index (χ3v) is 5.71. The van der Waals surface area contributed by atoms with Crippen LogP contribution >= 0.6 is 0 Å². The Morgan fingerprint density at radius 3 is 1.20 bits per heavy atom. The van der Waals surface area contributed by atoms with Gasteiger partial charge < -0.3 is 9.47 Å². The van der Waals surface area contributed by atoms with Crippen molar-refractivity contribution in [2.75, 3.05) is 13.2 Å². The maximum absolute atomic E-state index is 6.14. The van der Waals surface area contributed by atoms with E-state index < -0.39 is 0 Å².